The van der Waals surface area contributed by atoms with Crippen LogP contribution in [0.4, 0.5) is 0 Å². The quantitative estimate of drug-likeness (QED) is 0.515. The molecule has 0 spiro atoms. The molecule has 98 valence electrons. The maximum atomic E-state index is 5.73. The monoisotopic (exact) mass is 264 g/mol. The number of aromatic nitrogens is 2. The summed E-state index contributed by atoms with van der Waals surface area (Å²) in [5.74, 6) is 0.832. The Morgan fingerprint density at radius 2 is 1.15 bits per heavy atom. The average molecular weight is 264 g/mol. The van der Waals surface area contributed by atoms with Crippen LogP contribution in [0.2, 0.25) is 0 Å². The van der Waals surface area contributed by atoms with E-state index in [0.29, 0.717) is 11.8 Å². The van der Waals surface area contributed by atoms with Gasteiger partial charge in [0.2, 0.25) is 0 Å². The van der Waals surface area contributed by atoms with Crippen LogP contribution in [-0.2, 0) is 0 Å². The first-order valence-electron chi connectivity index (χ1n) is 6.44. The standard InChI is InChI=1S/C16H12N2O2/c1-9-3-5-11-13(7-9)19-15(17-11)16-18-12-6-4-10(2)8-14(12)20-16/h3-8H,1-2H3. The zero-order valence-electron chi connectivity index (χ0n) is 11.2. The zero-order chi connectivity index (χ0) is 13.7. The first-order chi connectivity index (χ1) is 9.69. The summed E-state index contributed by atoms with van der Waals surface area (Å²) >= 11 is 0. The van der Waals surface area contributed by atoms with Gasteiger partial charge in [0.15, 0.2) is 11.2 Å². The molecule has 0 N–H and O–H groups in total. The number of benzene rings is 2. The Balaban J connectivity index is 1.91. The lowest BCUT2D eigenvalue weighted by atomic mass is 10.2. The van der Waals surface area contributed by atoms with Gasteiger partial charge in [0.1, 0.15) is 11.0 Å². The summed E-state index contributed by atoms with van der Waals surface area (Å²) in [6.45, 7) is 4.04. The van der Waals surface area contributed by atoms with Crippen molar-refractivity contribution >= 4 is 22.2 Å². The van der Waals surface area contributed by atoms with Gasteiger partial charge in [-0.05, 0) is 49.2 Å². The van der Waals surface area contributed by atoms with E-state index in [9.17, 15) is 0 Å². The van der Waals surface area contributed by atoms with Crippen LogP contribution in [-0.4, -0.2) is 9.97 Å². The maximum absolute atomic E-state index is 5.73. The molecule has 0 saturated carbocycles. The molecule has 2 heterocycles. The lowest BCUT2D eigenvalue weighted by Crippen LogP contribution is -1.75. The molecule has 0 amide bonds. The third kappa shape index (κ3) is 1.69. The van der Waals surface area contributed by atoms with Crippen LogP contribution in [0.5, 0.6) is 0 Å². The van der Waals surface area contributed by atoms with Crippen LogP contribution in [0, 0.1) is 13.8 Å². The fourth-order valence-corrected chi connectivity index (χ4v) is 2.25. The number of hydrogen-bond acceptors (Lipinski definition) is 4. The number of hydrogen-bond donors (Lipinski definition) is 0. The third-order valence-electron chi connectivity index (χ3n) is 3.27. The second kappa shape index (κ2) is 3.93. The molecule has 0 saturated heterocycles. The second-order valence-electron chi connectivity index (χ2n) is 4.98. The minimum atomic E-state index is 0.416. The average Bonchev–Trinajstić information content (AvgIpc) is 3.00. The predicted molar refractivity (Wildman–Crippen MR) is 76.5 cm³/mol. The van der Waals surface area contributed by atoms with Gasteiger partial charge < -0.3 is 8.83 Å². The van der Waals surface area contributed by atoms with Crippen LogP contribution < -0.4 is 0 Å². The molecule has 0 aliphatic carbocycles. The van der Waals surface area contributed by atoms with Crippen molar-refractivity contribution in [1.82, 2.24) is 9.97 Å². The topological polar surface area (TPSA) is 52.1 Å². The molecule has 0 unspecified atom stereocenters. The SMILES string of the molecule is Cc1ccc2nc(-c3nc4ccc(C)cc4o3)oc2c1. The molecule has 0 fully saturated rings. The van der Waals surface area contributed by atoms with Gasteiger partial charge in [0.05, 0.1) is 0 Å². The molecule has 2 aromatic carbocycles. The van der Waals surface area contributed by atoms with Crippen LogP contribution >= 0.6 is 0 Å². The number of oxazole rings is 2. The van der Waals surface area contributed by atoms with Gasteiger partial charge in [-0.15, -0.1) is 0 Å². The van der Waals surface area contributed by atoms with Gasteiger partial charge >= 0.3 is 0 Å². The van der Waals surface area contributed by atoms with E-state index in [0.717, 1.165) is 33.3 Å². The largest absolute Gasteiger partial charge is 0.432 e. The molecular weight excluding hydrogens is 252 g/mol. The highest BCUT2D eigenvalue weighted by Gasteiger charge is 2.15. The second-order valence-corrected chi connectivity index (χ2v) is 4.98. The molecule has 0 radical (unpaired) electrons. The first kappa shape index (κ1) is 11.2. The van der Waals surface area contributed by atoms with Gasteiger partial charge in [0.25, 0.3) is 11.8 Å². The molecule has 0 aliphatic rings. The van der Waals surface area contributed by atoms with E-state index < -0.39 is 0 Å². The predicted octanol–water partition coefficient (Wildman–Crippen LogP) is 4.25. The Kier molecular flexibility index (Phi) is 2.21. The summed E-state index contributed by atoms with van der Waals surface area (Å²) < 4.78 is 11.5. The summed E-state index contributed by atoms with van der Waals surface area (Å²) in [7, 11) is 0. The minimum Gasteiger partial charge on any atom is -0.432 e. The van der Waals surface area contributed by atoms with E-state index in [4.69, 9.17) is 8.83 Å². The molecule has 4 rings (SSSR count). The number of nitrogens with zero attached hydrogens (tertiary/aromatic N) is 2. The van der Waals surface area contributed by atoms with Crippen molar-refractivity contribution in [3.63, 3.8) is 0 Å². The Hall–Kier alpha value is -2.62. The normalized spacial score (nSPS) is 11.5. The van der Waals surface area contributed by atoms with Crippen molar-refractivity contribution in [2.75, 3.05) is 0 Å². The van der Waals surface area contributed by atoms with Crippen LogP contribution in [0.1, 0.15) is 11.1 Å². The lowest BCUT2D eigenvalue weighted by molar-refractivity contribution is 0.550. The van der Waals surface area contributed by atoms with Crippen LogP contribution in [0.3, 0.4) is 0 Å². The van der Waals surface area contributed by atoms with Crippen molar-refractivity contribution in [3.8, 4) is 11.8 Å². The van der Waals surface area contributed by atoms with E-state index in [2.05, 4.69) is 9.97 Å². The molecule has 4 heteroatoms. The highest BCUT2D eigenvalue weighted by molar-refractivity contribution is 5.78. The van der Waals surface area contributed by atoms with E-state index in [1.165, 1.54) is 0 Å². The van der Waals surface area contributed by atoms with Gasteiger partial charge in [-0.25, -0.2) is 9.97 Å². The molecule has 4 nitrogen and oxygen atoms in total. The number of fused-ring (bicyclic) bond motifs is 2. The Morgan fingerprint density at radius 1 is 0.700 bits per heavy atom. The summed E-state index contributed by atoms with van der Waals surface area (Å²) in [4.78, 5) is 8.84. The number of aryl methyl sites for hydroxylation is 2. The first-order valence-corrected chi connectivity index (χ1v) is 6.44. The summed E-state index contributed by atoms with van der Waals surface area (Å²) in [6, 6.07) is 11.8. The molecule has 2 aromatic heterocycles. The third-order valence-corrected chi connectivity index (χ3v) is 3.27. The van der Waals surface area contributed by atoms with Gasteiger partial charge in [0, 0.05) is 0 Å². The fourth-order valence-electron chi connectivity index (χ4n) is 2.25. The minimum absolute atomic E-state index is 0.416. The molecule has 0 aliphatic heterocycles. The van der Waals surface area contributed by atoms with Gasteiger partial charge in [-0.3, -0.25) is 0 Å². The van der Waals surface area contributed by atoms with Crippen LogP contribution in [0.15, 0.2) is 45.2 Å². The summed E-state index contributed by atoms with van der Waals surface area (Å²) in [6.07, 6.45) is 0. The number of rotatable bonds is 1. The van der Waals surface area contributed by atoms with Crippen molar-refractivity contribution in [1.29, 1.82) is 0 Å². The smallest absolute Gasteiger partial charge is 0.284 e. The molecular formula is C16H12N2O2. The molecule has 4 aromatic rings. The van der Waals surface area contributed by atoms with E-state index in [1.807, 2.05) is 50.2 Å². The van der Waals surface area contributed by atoms with Crippen molar-refractivity contribution in [3.05, 3.63) is 47.5 Å². The van der Waals surface area contributed by atoms with E-state index in [-0.39, 0.29) is 0 Å². The van der Waals surface area contributed by atoms with Crippen molar-refractivity contribution in [2.45, 2.75) is 13.8 Å². The van der Waals surface area contributed by atoms with Crippen LogP contribution in [0.25, 0.3) is 34.0 Å². The lowest BCUT2D eigenvalue weighted by Gasteiger charge is -1.88. The van der Waals surface area contributed by atoms with Crippen molar-refractivity contribution in [2.24, 2.45) is 0 Å². The Bertz CT molecular complexity index is 856. The highest BCUT2D eigenvalue weighted by Crippen LogP contribution is 2.27. The van der Waals surface area contributed by atoms with Gasteiger partial charge in [-0.2, -0.15) is 0 Å². The van der Waals surface area contributed by atoms with E-state index >= 15 is 0 Å². The van der Waals surface area contributed by atoms with E-state index in [1.54, 1.807) is 0 Å². The zero-order valence-corrected chi connectivity index (χ0v) is 11.2. The molecule has 0 bridgehead atoms. The Morgan fingerprint density at radius 3 is 1.60 bits per heavy atom. The summed E-state index contributed by atoms with van der Waals surface area (Å²) in [5.41, 5.74) is 5.38. The van der Waals surface area contributed by atoms with Crippen molar-refractivity contribution < 1.29 is 8.83 Å². The highest BCUT2D eigenvalue weighted by atomic mass is 16.4. The maximum Gasteiger partial charge on any atom is 0.284 e. The van der Waals surface area contributed by atoms with Gasteiger partial charge in [-0.1, -0.05) is 12.1 Å². The molecule has 0 atom stereocenters. The Labute approximate surface area is 115 Å². The summed E-state index contributed by atoms with van der Waals surface area (Å²) in [5, 5.41) is 0. The fraction of sp³-hybridized carbons (Fsp3) is 0.125. The molecule has 20 heavy (non-hydrogen) atoms.